The second kappa shape index (κ2) is 7.07. The Morgan fingerprint density at radius 2 is 2.12 bits per heavy atom. The van der Waals surface area contributed by atoms with Gasteiger partial charge in [-0.25, -0.2) is 4.39 Å². The summed E-state index contributed by atoms with van der Waals surface area (Å²) in [4.78, 5) is 2.07. The van der Waals surface area contributed by atoms with E-state index in [1.807, 2.05) is 20.0 Å². The van der Waals surface area contributed by atoms with E-state index in [0.717, 1.165) is 5.56 Å². The summed E-state index contributed by atoms with van der Waals surface area (Å²) in [6, 6.07) is 5.14. The van der Waals surface area contributed by atoms with E-state index in [1.54, 1.807) is 6.07 Å². The van der Waals surface area contributed by atoms with Crippen LogP contribution >= 0.6 is 24.0 Å². The molecule has 0 spiro atoms. The van der Waals surface area contributed by atoms with Gasteiger partial charge in [-0.2, -0.15) is 0 Å². The molecule has 2 N–H and O–H groups in total. The molecule has 1 atom stereocenters. The minimum absolute atomic E-state index is 0. The third kappa shape index (κ3) is 4.26. The average Bonchev–Trinajstić information content (AvgIpc) is 2.22. The topological polar surface area (TPSA) is 29.3 Å². The minimum atomic E-state index is -0.372. The summed E-state index contributed by atoms with van der Waals surface area (Å²) in [7, 11) is 1.96. The van der Waals surface area contributed by atoms with Crippen molar-refractivity contribution in [1.29, 1.82) is 0 Å². The highest BCUT2D eigenvalue weighted by molar-refractivity contribution is 6.30. The van der Waals surface area contributed by atoms with Crippen LogP contribution in [0.15, 0.2) is 18.2 Å². The molecule has 1 rings (SSSR count). The third-order valence-corrected chi connectivity index (χ3v) is 2.82. The lowest BCUT2D eigenvalue weighted by Crippen LogP contribution is -2.34. The predicted molar refractivity (Wildman–Crippen MR) is 68.6 cm³/mol. The quantitative estimate of drug-likeness (QED) is 0.908. The van der Waals surface area contributed by atoms with Gasteiger partial charge in [0, 0.05) is 19.1 Å². The van der Waals surface area contributed by atoms with E-state index in [4.69, 9.17) is 17.3 Å². The predicted octanol–water partition coefficient (Wildman–Crippen LogP) is 2.68. The third-order valence-electron chi connectivity index (χ3n) is 2.51. The zero-order chi connectivity index (χ0) is 11.4. The van der Waals surface area contributed by atoms with Crippen molar-refractivity contribution in [3.8, 4) is 0 Å². The smallest absolute Gasteiger partial charge is 0.142 e. The van der Waals surface area contributed by atoms with E-state index < -0.39 is 0 Å². The summed E-state index contributed by atoms with van der Waals surface area (Å²) in [6.07, 6.45) is 0. The Hall–Kier alpha value is -0.350. The van der Waals surface area contributed by atoms with Gasteiger partial charge in [-0.05, 0) is 31.7 Å². The molecule has 0 aliphatic carbocycles. The molecule has 0 fully saturated rings. The molecule has 0 aliphatic rings. The van der Waals surface area contributed by atoms with Gasteiger partial charge in [-0.1, -0.05) is 17.7 Å². The molecular formula is C11H17Cl2FN2. The highest BCUT2D eigenvalue weighted by Crippen LogP contribution is 2.16. The standard InChI is InChI=1S/C11H16ClFN2.ClH/c1-8(6-14)15(2)7-9-3-4-10(12)11(13)5-9;/h3-5,8H,6-7,14H2,1-2H3;1H. The zero-order valence-electron chi connectivity index (χ0n) is 9.41. The zero-order valence-corrected chi connectivity index (χ0v) is 11.0. The highest BCUT2D eigenvalue weighted by atomic mass is 35.5. The molecule has 1 aromatic rings. The van der Waals surface area contributed by atoms with Crippen molar-refractivity contribution in [1.82, 2.24) is 4.90 Å². The Morgan fingerprint density at radius 3 is 2.62 bits per heavy atom. The fraction of sp³-hybridized carbons (Fsp3) is 0.455. The van der Waals surface area contributed by atoms with Crippen LogP contribution in [0, 0.1) is 5.82 Å². The van der Waals surface area contributed by atoms with Crippen molar-refractivity contribution < 1.29 is 4.39 Å². The number of rotatable bonds is 4. The largest absolute Gasteiger partial charge is 0.329 e. The molecule has 0 saturated carbocycles. The molecule has 0 aliphatic heterocycles. The molecule has 5 heteroatoms. The Bertz CT molecular complexity index is 334. The lowest BCUT2D eigenvalue weighted by Gasteiger charge is -2.23. The Balaban J connectivity index is 0.00000225. The van der Waals surface area contributed by atoms with Crippen LogP contribution in [0.5, 0.6) is 0 Å². The first kappa shape index (κ1) is 15.7. The number of likely N-dealkylation sites (N-methyl/N-ethyl adjacent to an activating group) is 1. The summed E-state index contributed by atoms with van der Waals surface area (Å²) in [6.45, 7) is 3.30. The van der Waals surface area contributed by atoms with Crippen molar-refractivity contribution in [3.05, 3.63) is 34.6 Å². The second-order valence-corrected chi connectivity index (χ2v) is 4.16. The number of nitrogens with two attached hydrogens (primary N) is 1. The van der Waals surface area contributed by atoms with E-state index in [0.29, 0.717) is 13.1 Å². The van der Waals surface area contributed by atoms with Gasteiger partial charge >= 0.3 is 0 Å². The Labute approximate surface area is 107 Å². The van der Waals surface area contributed by atoms with Gasteiger partial charge in [0.05, 0.1) is 5.02 Å². The highest BCUT2D eigenvalue weighted by Gasteiger charge is 2.08. The first-order chi connectivity index (χ1) is 7.04. The van der Waals surface area contributed by atoms with Crippen LogP contribution in [-0.2, 0) is 6.54 Å². The van der Waals surface area contributed by atoms with Gasteiger partial charge in [0.25, 0.3) is 0 Å². The molecule has 0 aromatic heterocycles. The van der Waals surface area contributed by atoms with Gasteiger partial charge in [0.2, 0.25) is 0 Å². The van der Waals surface area contributed by atoms with E-state index >= 15 is 0 Å². The first-order valence-electron chi connectivity index (χ1n) is 4.89. The lowest BCUT2D eigenvalue weighted by molar-refractivity contribution is 0.254. The molecule has 2 nitrogen and oxygen atoms in total. The van der Waals surface area contributed by atoms with Gasteiger partial charge in [0.1, 0.15) is 5.82 Å². The second-order valence-electron chi connectivity index (χ2n) is 3.75. The molecule has 0 heterocycles. The molecule has 16 heavy (non-hydrogen) atoms. The molecule has 0 amide bonds. The normalized spacial score (nSPS) is 12.4. The minimum Gasteiger partial charge on any atom is -0.329 e. The van der Waals surface area contributed by atoms with Crippen LogP contribution in [0.4, 0.5) is 4.39 Å². The fourth-order valence-electron chi connectivity index (χ4n) is 1.26. The number of halogens is 3. The van der Waals surface area contributed by atoms with E-state index in [1.165, 1.54) is 6.07 Å². The van der Waals surface area contributed by atoms with Crippen molar-refractivity contribution in [2.45, 2.75) is 19.5 Å². The van der Waals surface area contributed by atoms with Gasteiger partial charge in [0.15, 0.2) is 0 Å². The Morgan fingerprint density at radius 1 is 1.50 bits per heavy atom. The van der Waals surface area contributed by atoms with E-state index in [9.17, 15) is 4.39 Å². The van der Waals surface area contributed by atoms with Gasteiger partial charge in [-0.3, -0.25) is 4.90 Å². The van der Waals surface area contributed by atoms with Gasteiger partial charge < -0.3 is 5.73 Å². The number of hydrogen-bond donors (Lipinski definition) is 1. The van der Waals surface area contributed by atoms with E-state index in [-0.39, 0.29) is 29.3 Å². The summed E-state index contributed by atoms with van der Waals surface area (Å²) in [5.74, 6) is -0.372. The molecule has 0 saturated heterocycles. The fourth-order valence-corrected chi connectivity index (χ4v) is 1.38. The van der Waals surface area contributed by atoms with Crippen LogP contribution < -0.4 is 5.73 Å². The maximum atomic E-state index is 13.1. The van der Waals surface area contributed by atoms with Crippen LogP contribution in [0.25, 0.3) is 0 Å². The molecule has 92 valence electrons. The van der Waals surface area contributed by atoms with Crippen molar-refractivity contribution in [2.75, 3.05) is 13.6 Å². The summed E-state index contributed by atoms with van der Waals surface area (Å²) in [5, 5.41) is 0.160. The van der Waals surface area contributed by atoms with Crippen molar-refractivity contribution in [3.63, 3.8) is 0 Å². The summed E-state index contributed by atoms with van der Waals surface area (Å²) >= 11 is 5.60. The molecule has 0 bridgehead atoms. The first-order valence-corrected chi connectivity index (χ1v) is 5.26. The number of benzene rings is 1. The van der Waals surface area contributed by atoms with Crippen LogP contribution in [-0.4, -0.2) is 24.5 Å². The lowest BCUT2D eigenvalue weighted by atomic mass is 10.2. The molecule has 0 radical (unpaired) electrons. The molecule has 1 unspecified atom stereocenters. The number of hydrogen-bond acceptors (Lipinski definition) is 2. The van der Waals surface area contributed by atoms with Crippen LogP contribution in [0.2, 0.25) is 5.02 Å². The van der Waals surface area contributed by atoms with Crippen LogP contribution in [0.1, 0.15) is 12.5 Å². The monoisotopic (exact) mass is 266 g/mol. The average molecular weight is 267 g/mol. The van der Waals surface area contributed by atoms with E-state index in [2.05, 4.69) is 4.90 Å². The Kier molecular flexibility index (Phi) is 6.91. The number of nitrogens with zero attached hydrogens (tertiary/aromatic N) is 1. The molecule has 1 aromatic carbocycles. The van der Waals surface area contributed by atoms with Gasteiger partial charge in [-0.15, -0.1) is 12.4 Å². The maximum absolute atomic E-state index is 13.1. The van der Waals surface area contributed by atoms with Crippen molar-refractivity contribution in [2.24, 2.45) is 5.73 Å². The molecular weight excluding hydrogens is 250 g/mol. The summed E-state index contributed by atoms with van der Waals surface area (Å²) in [5.41, 5.74) is 6.45. The maximum Gasteiger partial charge on any atom is 0.142 e. The SMILES string of the molecule is CC(CN)N(C)Cc1ccc(Cl)c(F)c1.Cl. The van der Waals surface area contributed by atoms with Crippen molar-refractivity contribution >= 4 is 24.0 Å². The van der Waals surface area contributed by atoms with Crippen LogP contribution in [0.3, 0.4) is 0 Å². The summed E-state index contributed by atoms with van der Waals surface area (Å²) < 4.78 is 13.1.